The van der Waals surface area contributed by atoms with Crippen LogP contribution in [0.15, 0.2) is 18.3 Å². The standard InChI is InChI=1S/C14H16ClF2NO3/c1-3-20-13(19)9(11-12(21-11)14(2,16)17)6-8-4-5-10(15)18-7-8/h4-5,7,9,11-12H,3,6H2,1-2H3. The molecule has 0 spiro atoms. The Hall–Kier alpha value is -1.27. The van der Waals surface area contributed by atoms with E-state index < -0.39 is 30.0 Å². The zero-order valence-electron chi connectivity index (χ0n) is 11.7. The number of halogens is 3. The first-order valence-corrected chi connectivity index (χ1v) is 7.01. The number of epoxide rings is 1. The number of ether oxygens (including phenoxy) is 2. The number of hydrogen-bond acceptors (Lipinski definition) is 4. The molecule has 0 amide bonds. The topological polar surface area (TPSA) is 51.7 Å². The molecule has 1 aliphatic heterocycles. The maximum atomic E-state index is 13.3. The fourth-order valence-corrected chi connectivity index (χ4v) is 2.31. The average molecular weight is 320 g/mol. The first kappa shape index (κ1) is 16.1. The van der Waals surface area contributed by atoms with Gasteiger partial charge in [0.25, 0.3) is 5.92 Å². The van der Waals surface area contributed by atoms with Crippen LogP contribution in [0.1, 0.15) is 19.4 Å². The number of carbonyl (C=O) groups excluding carboxylic acids is 1. The molecule has 0 bridgehead atoms. The number of alkyl halides is 2. The highest BCUT2D eigenvalue weighted by Gasteiger charge is 2.58. The van der Waals surface area contributed by atoms with Crippen molar-refractivity contribution in [1.82, 2.24) is 4.98 Å². The van der Waals surface area contributed by atoms with E-state index in [2.05, 4.69) is 4.98 Å². The van der Waals surface area contributed by atoms with E-state index in [9.17, 15) is 13.6 Å². The molecule has 3 unspecified atom stereocenters. The molecule has 116 valence electrons. The second-order valence-corrected chi connectivity index (χ2v) is 5.42. The largest absolute Gasteiger partial charge is 0.466 e. The minimum absolute atomic E-state index is 0.189. The van der Waals surface area contributed by atoms with Crippen LogP contribution in [0.5, 0.6) is 0 Å². The van der Waals surface area contributed by atoms with Gasteiger partial charge in [0.05, 0.1) is 12.5 Å². The van der Waals surface area contributed by atoms with E-state index in [0.29, 0.717) is 10.7 Å². The van der Waals surface area contributed by atoms with Crippen molar-refractivity contribution < 1.29 is 23.0 Å². The SMILES string of the molecule is CCOC(=O)C(Cc1ccc(Cl)nc1)C1OC1C(C)(F)F. The summed E-state index contributed by atoms with van der Waals surface area (Å²) in [5.74, 6) is -4.29. The van der Waals surface area contributed by atoms with Crippen LogP contribution in [-0.2, 0) is 20.7 Å². The van der Waals surface area contributed by atoms with Crippen LogP contribution < -0.4 is 0 Å². The molecular formula is C14H16ClF2NO3. The highest BCUT2D eigenvalue weighted by molar-refractivity contribution is 6.29. The first-order chi connectivity index (χ1) is 9.82. The Labute approximate surface area is 126 Å². The van der Waals surface area contributed by atoms with Crippen LogP contribution in [0.25, 0.3) is 0 Å². The van der Waals surface area contributed by atoms with Gasteiger partial charge in [-0.15, -0.1) is 0 Å². The maximum absolute atomic E-state index is 13.3. The van der Waals surface area contributed by atoms with Gasteiger partial charge in [-0.3, -0.25) is 4.79 Å². The van der Waals surface area contributed by atoms with E-state index >= 15 is 0 Å². The van der Waals surface area contributed by atoms with Crippen molar-refractivity contribution in [3.8, 4) is 0 Å². The quantitative estimate of drug-likeness (QED) is 0.459. The molecule has 4 nitrogen and oxygen atoms in total. The minimum Gasteiger partial charge on any atom is -0.466 e. The first-order valence-electron chi connectivity index (χ1n) is 6.63. The van der Waals surface area contributed by atoms with Crippen LogP contribution in [0.3, 0.4) is 0 Å². The average Bonchev–Trinajstić information content (AvgIpc) is 3.18. The summed E-state index contributed by atoms with van der Waals surface area (Å²) >= 11 is 5.69. The van der Waals surface area contributed by atoms with Gasteiger partial charge in [0, 0.05) is 13.1 Å². The summed E-state index contributed by atoms with van der Waals surface area (Å²) in [5.41, 5.74) is 0.714. The summed E-state index contributed by atoms with van der Waals surface area (Å²) in [4.78, 5) is 15.9. The lowest BCUT2D eigenvalue weighted by Gasteiger charge is -2.14. The Morgan fingerprint density at radius 2 is 2.29 bits per heavy atom. The number of carbonyl (C=O) groups is 1. The molecule has 1 aromatic heterocycles. The summed E-state index contributed by atoms with van der Waals surface area (Å²) in [6.07, 6.45) is -0.345. The molecule has 0 saturated carbocycles. The molecule has 2 heterocycles. The van der Waals surface area contributed by atoms with Crippen molar-refractivity contribution >= 4 is 17.6 Å². The number of pyridine rings is 1. The van der Waals surface area contributed by atoms with Crippen LogP contribution >= 0.6 is 11.6 Å². The van der Waals surface area contributed by atoms with Gasteiger partial charge in [-0.1, -0.05) is 17.7 Å². The van der Waals surface area contributed by atoms with Crippen molar-refractivity contribution in [3.05, 3.63) is 29.0 Å². The number of nitrogens with zero attached hydrogens (tertiary/aromatic N) is 1. The van der Waals surface area contributed by atoms with Gasteiger partial charge in [0.1, 0.15) is 17.4 Å². The number of rotatable bonds is 6. The fraction of sp³-hybridized carbons (Fsp3) is 0.571. The number of aromatic nitrogens is 1. The third-order valence-electron chi connectivity index (χ3n) is 3.26. The van der Waals surface area contributed by atoms with Crippen LogP contribution in [0.4, 0.5) is 8.78 Å². The van der Waals surface area contributed by atoms with Crippen molar-refractivity contribution in [1.29, 1.82) is 0 Å². The van der Waals surface area contributed by atoms with Gasteiger partial charge in [-0.05, 0) is 25.0 Å². The second kappa shape index (κ2) is 6.23. The molecule has 1 fully saturated rings. The zero-order valence-corrected chi connectivity index (χ0v) is 12.4. The predicted octanol–water partition coefficient (Wildman–Crippen LogP) is 2.88. The summed E-state index contributed by atoms with van der Waals surface area (Å²) in [6.45, 7) is 2.64. The number of esters is 1. The lowest BCUT2D eigenvalue weighted by molar-refractivity contribution is -0.148. The lowest BCUT2D eigenvalue weighted by Crippen LogP contribution is -2.30. The molecule has 1 saturated heterocycles. The Bertz CT molecular complexity index is 504. The molecule has 1 aromatic rings. The van der Waals surface area contributed by atoms with E-state index in [1.165, 1.54) is 6.20 Å². The zero-order chi connectivity index (χ0) is 15.6. The van der Waals surface area contributed by atoms with Crippen molar-refractivity contribution in [2.24, 2.45) is 5.92 Å². The minimum atomic E-state index is -2.98. The van der Waals surface area contributed by atoms with E-state index in [-0.39, 0.29) is 13.0 Å². The van der Waals surface area contributed by atoms with E-state index in [1.807, 2.05) is 0 Å². The fourth-order valence-electron chi connectivity index (χ4n) is 2.20. The van der Waals surface area contributed by atoms with Gasteiger partial charge in [0.15, 0.2) is 0 Å². The number of hydrogen-bond donors (Lipinski definition) is 0. The summed E-state index contributed by atoms with van der Waals surface area (Å²) in [5, 5.41) is 0.326. The molecule has 0 N–H and O–H groups in total. The molecule has 0 radical (unpaired) electrons. The smallest absolute Gasteiger partial charge is 0.312 e. The molecule has 0 aliphatic carbocycles. The maximum Gasteiger partial charge on any atom is 0.312 e. The van der Waals surface area contributed by atoms with Crippen LogP contribution in [0, 0.1) is 5.92 Å². The van der Waals surface area contributed by atoms with Crippen LogP contribution in [-0.4, -0.2) is 35.7 Å². The predicted molar refractivity (Wildman–Crippen MR) is 72.4 cm³/mol. The molecule has 1 aliphatic rings. The Kier molecular flexibility index (Phi) is 4.78. The third kappa shape index (κ3) is 4.11. The van der Waals surface area contributed by atoms with E-state index in [0.717, 1.165) is 6.92 Å². The monoisotopic (exact) mass is 319 g/mol. The van der Waals surface area contributed by atoms with Crippen molar-refractivity contribution in [2.75, 3.05) is 6.61 Å². The summed E-state index contributed by atoms with van der Waals surface area (Å²) in [7, 11) is 0. The molecule has 2 rings (SSSR count). The van der Waals surface area contributed by atoms with Gasteiger partial charge in [-0.2, -0.15) is 0 Å². The third-order valence-corrected chi connectivity index (χ3v) is 3.48. The van der Waals surface area contributed by atoms with Gasteiger partial charge < -0.3 is 9.47 Å². The highest BCUT2D eigenvalue weighted by Crippen LogP contribution is 2.41. The van der Waals surface area contributed by atoms with Gasteiger partial charge >= 0.3 is 5.97 Å². The normalized spacial score (nSPS) is 22.7. The van der Waals surface area contributed by atoms with E-state index in [4.69, 9.17) is 21.1 Å². The Balaban J connectivity index is 2.10. The van der Waals surface area contributed by atoms with E-state index in [1.54, 1.807) is 19.1 Å². The van der Waals surface area contributed by atoms with Crippen molar-refractivity contribution in [2.45, 2.75) is 38.4 Å². The Morgan fingerprint density at radius 1 is 1.57 bits per heavy atom. The van der Waals surface area contributed by atoms with Crippen LogP contribution in [0.2, 0.25) is 5.15 Å². The molecule has 21 heavy (non-hydrogen) atoms. The van der Waals surface area contributed by atoms with Gasteiger partial charge in [-0.25, -0.2) is 13.8 Å². The second-order valence-electron chi connectivity index (χ2n) is 5.03. The highest BCUT2D eigenvalue weighted by atomic mass is 35.5. The van der Waals surface area contributed by atoms with Crippen molar-refractivity contribution in [3.63, 3.8) is 0 Å². The summed E-state index contributed by atoms with van der Waals surface area (Å²) < 4.78 is 36.5. The lowest BCUT2D eigenvalue weighted by atomic mass is 9.94. The molecule has 3 atom stereocenters. The van der Waals surface area contributed by atoms with Gasteiger partial charge in [0.2, 0.25) is 0 Å². The Morgan fingerprint density at radius 3 is 2.76 bits per heavy atom. The molecular weight excluding hydrogens is 304 g/mol. The summed E-state index contributed by atoms with van der Waals surface area (Å²) in [6, 6.07) is 3.28. The molecule has 0 aromatic carbocycles. The molecule has 7 heteroatoms.